The topological polar surface area (TPSA) is 57.8 Å². The van der Waals surface area contributed by atoms with E-state index in [1.54, 1.807) is 13.0 Å². The zero-order valence-electron chi connectivity index (χ0n) is 14.6. The second-order valence-corrected chi connectivity index (χ2v) is 8.33. The third-order valence-corrected chi connectivity index (χ3v) is 6.36. The van der Waals surface area contributed by atoms with Crippen molar-refractivity contribution in [2.45, 2.75) is 46.6 Å². The first-order chi connectivity index (χ1) is 11.3. The van der Waals surface area contributed by atoms with Crippen LogP contribution in [0.3, 0.4) is 0 Å². The Labute approximate surface area is 141 Å². The highest BCUT2D eigenvalue weighted by molar-refractivity contribution is 5.98. The zero-order valence-corrected chi connectivity index (χ0v) is 14.6. The molecule has 0 aromatic carbocycles. The average Bonchev–Trinajstić information content (AvgIpc) is 3.11. The number of aromatic nitrogens is 2. The van der Waals surface area contributed by atoms with E-state index in [-0.39, 0.29) is 11.9 Å². The van der Waals surface area contributed by atoms with Crippen molar-refractivity contribution in [2.75, 3.05) is 0 Å². The molecule has 0 saturated heterocycles. The number of rotatable bonds is 2. The monoisotopic (exact) mass is 329 g/mol. The number of halogens is 1. The van der Waals surface area contributed by atoms with Gasteiger partial charge in [-0.3, -0.25) is 4.79 Å². The van der Waals surface area contributed by atoms with Gasteiger partial charge in [-0.15, -0.1) is 0 Å². The molecular weight excluding hydrogens is 305 g/mol. The van der Waals surface area contributed by atoms with Crippen molar-refractivity contribution in [3.63, 3.8) is 0 Å². The Bertz CT molecular complexity index is 823. The van der Waals surface area contributed by atoms with Gasteiger partial charge in [0.15, 0.2) is 0 Å². The summed E-state index contributed by atoms with van der Waals surface area (Å²) in [6, 6.07) is 3.31. The van der Waals surface area contributed by atoms with Crippen LogP contribution in [0.2, 0.25) is 0 Å². The van der Waals surface area contributed by atoms with E-state index in [1.165, 1.54) is 18.9 Å². The van der Waals surface area contributed by atoms with Crippen LogP contribution in [-0.2, 0) is 0 Å². The SMILES string of the molecule is Cc1nc(F)cc2cc(C(=O)N[C@H]3C4C[C@@H]([C@@H]3C)C(C)(C)C4)[nH]c12. The molecule has 24 heavy (non-hydrogen) atoms. The number of pyridine rings is 1. The number of aryl methyl sites for hydroxylation is 1. The van der Waals surface area contributed by atoms with Crippen molar-refractivity contribution in [3.05, 3.63) is 29.5 Å². The lowest BCUT2D eigenvalue weighted by atomic mass is 9.70. The maximum atomic E-state index is 13.4. The summed E-state index contributed by atoms with van der Waals surface area (Å²) in [4.78, 5) is 19.6. The maximum Gasteiger partial charge on any atom is 0.267 e. The summed E-state index contributed by atoms with van der Waals surface area (Å²) in [5.74, 6) is 1.11. The number of hydrogen-bond acceptors (Lipinski definition) is 2. The van der Waals surface area contributed by atoms with Gasteiger partial charge >= 0.3 is 0 Å². The Kier molecular flexibility index (Phi) is 3.28. The van der Waals surface area contributed by atoms with Crippen LogP contribution in [0.4, 0.5) is 4.39 Å². The van der Waals surface area contributed by atoms with Crippen molar-refractivity contribution >= 4 is 16.8 Å². The van der Waals surface area contributed by atoms with E-state index in [4.69, 9.17) is 0 Å². The molecular formula is C19H24FN3O. The Morgan fingerprint density at radius 2 is 2.17 bits per heavy atom. The van der Waals surface area contributed by atoms with Crippen LogP contribution >= 0.6 is 0 Å². The van der Waals surface area contributed by atoms with E-state index < -0.39 is 5.95 Å². The summed E-state index contributed by atoms with van der Waals surface area (Å²) in [5.41, 5.74) is 2.16. The van der Waals surface area contributed by atoms with E-state index in [2.05, 4.69) is 36.1 Å². The summed E-state index contributed by atoms with van der Waals surface area (Å²) >= 11 is 0. The highest BCUT2D eigenvalue weighted by Gasteiger charge is 2.54. The maximum absolute atomic E-state index is 13.4. The predicted molar refractivity (Wildman–Crippen MR) is 91.2 cm³/mol. The smallest absolute Gasteiger partial charge is 0.267 e. The standard InChI is InChI=1S/C19H24FN3O/c1-9-13-5-12(8-19(13,3)4)16(9)23-18(24)14-6-11-7-15(20)21-10(2)17(11)22-14/h6-7,9,12-13,16,22H,5,8H2,1-4H3,(H,23,24)/t9-,12?,13-,16+/m0/s1. The number of carbonyl (C=O) groups is 1. The molecule has 2 aromatic rings. The summed E-state index contributed by atoms with van der Waals surface area (Å²) < 4.78 is 13.4. The Morgan fingerprint density at radius 3 is 2.83 bits per heavy atom. The molecule has 2 aliphatic carbocycles. The van der Waals surface area contributed by atoms with E-state index in [1.807, 2.05) is 0 Å². The number of hydrogen-bond donors (Lipinski definition) is 2. The highest BCUT2D eigenvalue weighted by atomic mass is 19.1. The molecule has 4 nitrogen and oxygen atoms in total. The first-order valence-corrected chi connectivity index (χ1v) is 8.73. The van der Waals surface area contributed by atoms with Gasteiger partial charge in [0, 0.05) is 17.5 Å². The number of nitrogens with zero attached hydrogens (tertiary/aromatic N) is 1. The van der Waals surface area contributed by atoms with Gasteiger partial charge in [0.05, 0.1) is 11.2 Å². The van der Waals surface area contributed by atoms with Crippen LogP contribution < -0.4 is 5.32 Å². The van der Waals surface area contributed by atoms with Gasteiger partial charge in [-0.2, -0.15) is 4.39 Å². The molecule has 2 heterocycles. The fraction of sp³-hybridized carbons (Fsp3) is 0.579. The quantitative estimate of drug-likeness (QED) is 0.823. The lowest BCUT2D eigenvalue weighted by molar-refractivity contribution is 0.0832. The van der Waals surface area contributed by atoms with Gasteiger partial charge in [0.2, 0.25) is 5.95 Å². The Morgan fingerprint density at radius 1 is 1.42 bits per heavy atom. The van der Waals surface area contributed by atoms with Crippen LogP contribution in [0.5, 0.6) is 0 Å². The molecule has 4 rings (SSSR count). The minimum absolute atomic E-state index is 0.104. The van der Waals surface area contributed by atoms with E-state index in [0.717, 1.165) is 5.52 Å². The number of carbonyl (C=O) groups excluding carboxylic acids is 1. The molecule has 2 aliphatic rings. The molecule has 128 valence electrons. The van der Waals surface area contributed by atoms with E-state index in [0.29, 0.717) is 39.9 Å². The molecule has 1 unspecified atom stereocenters. The number of H-pyrrole nitrogens is 1. The normalized spacial score (nSPS) is 30.9. The number of fused-ring (bicyclic) bond motifs is 3. The van der Waals surface area contributed by atoms with Gasteiger partial charge in [0.25, 0.3) is 5.91 Å². The van der Waals surface area contributed by atoms with Gasteiger partial charge < -0.3 is 10.3 Å². The van der Waals surface area contributed by atoms with Gasteiger partial charge in [-0.05, 0) is 49.0 Å². The van der Waals surface area contributed by atoms with Gasteiger partial charge in [-0.1, -0.05) is 20.8 Å². The molecule has 1 amide bonds. The van der Waals surface area contributed by atoms with Crippen LogP contribution in [0.25, 0.3) is 10.9 Å². The van der Waals surface area contributed by atoms with Crippen molar-refractivity contribution < 1.29 is 9.18 Å². The second kappa shape index (κ2) is 5.04. The minimum Gasteiger partial charge on any atom is -0.349 e. The summed E-state index contributed by atoms with van der Waals surface area (Å²) in [6.07, 6.45) is 2.38. The van der Waals surface area contributed by atoms with Crippen molar-refractivity contribution in [2.24, 2.45) is 23.2 Å². The molecule has 2 N–H and O–H groups in total. The molecule has 4 atom stereocenters. The third kappa shape index (κ3) is 2.25. The zero-order chi connectivity index (χ0) is 17.2. The molecule has 2 fully saturated rings. The number of aromatic amines is 1. The third-order valence-electron chi connectivity index (χ3n) is 6.36. The molecule has 0 spiro atoms. The molecule has 0 radical (unpaired) electrons. The Hall–Kier alpha value is -1.91. The average molecular weight is 329 g/mol. The van der Waals surface area contributed by atoms with E-state index in [9.17, 15) is 9.18 Å². The summed E-state index contributed by atoms with van der Waals surface area (Å²) in [6.45, 7) is 8.68. The molecule has 2 saturated carbocycles. The van der Waals surface area contributed by atoms with Crippen molar-refractivity contribution in [1.29, 1.82) is 0 Å². The predicted octanol–water partition coefficient (Wildman–Crippen LogP) is 3.81. The minimum atomic E-state index is -0.519. The number of amides is 1. The van der Waals surface area contributed by atoms with Crippen LogP contribution in [0.1, 0.15) is 49.8 Å². The molecule has 2 bridgehead atoms. The highest BCUT2D eigenvalue weighted by Crippen LogP contribution is 2.58. The first-order valence-electron chi connectivity index (χ1n) is 8.73. The summed E-state index contributed by atoms with van der Waals surface area (Å²) in [5, 5.41) is 3.91. The largest absolute Gasteiger partial charge is 0.349 e. The number of nitrogens with one attached hydrogen (secondary N) is 2. The Balaban J connectivity index is 1.56. The molecule has 0 aliphatic heterocycles. The van der Waals surface area contributed by atoms with Crippen LogP contribution in [0.15, 0.2) is 12.1 Å². The first kappa shape index (κ1) is 15.6. The molecule has 2 aromatic heterocycles. The fourth-order valence-electron chi connectivity index (χ4n) is 5.30. The fourth-order valence-corrected chi connectivity index (χ4v) is 5.30. The van der Waals surface area contributed by atoms with Gasteiger partial charge in [-0.25, -0.2) is 4.98 Å². The molecule has 5 heteroatoms. The van der Waals surface area contributed by atoms with E-state index >= 15 is 0 Å². The summed E-state index contributed by atoms with van der Waals surface area (Å²) in [7, 11) is 0. The van der Waals surface area contributed by atoms with Crippen LogP contribution in [-0.4, -0.2) is 21.9 Å². The lowest BCUT2D eigenvalue weighted by Gasteiger charge is -2.39. The van der Waals surface area contributed by atoms with Crippen LogP contribution in [0, 0.1) is 36.0 Å². The lowest BCUT2D eigenvalue weighted by Crippen LogP contribution is -2.46. The second-order valence-electron chi connectivity index (χ2n) is 8.33. The van der Waals surface area contributed by atoms with Crippen molar-refractivity contribution in [3.8, 4) is 0 Å². The van der Waals surface area contributed by atoms with Crippen molar-refractivity contribution in [1.82, 2.24) is 15.3 Å². The van der Waals surface area contributed by atoms with Gasteiger partial charge in [0.1, 0.15) is 5.69 Å².